The molecule has 4 rings (SSSR count). The summed E-state index contributed by atoms with van der Waals surface area (Å²) in [5.41, 5.74) is 7.68. The van der Waals surface area contributed by atoms with E-state index in [0.29, 0.717) is 16.2 Å². The number of imidazole rings is 1. The lowest BCUT2D eigenvalue weighted by atomic mass is 10.1. The first kappa shape index (κ1) is 18.8. The monoisotopic (exact) mass is 408 g/mol. The van der Waals surface area contributed by atoms with E-state index in [1.807, 2.05) is 12.1 Å². The van der Waals surface area contributed by atoms with Crippen molar-refractivity contribution in [1.82, 2.24) is 14.5 Å². The summed E-state index contributed by atoms with van der Waals surface area (Å²) in [6.07, 6.45) is -1.54. The third-order valence-corrected chi connectivity index (χ3v) is 4.82. The zero-order chi connectivity index (χ0) is 19.8. The van der Waals surface area contributed by atoms with E-state index in [1.165, 1.54) is 22.0 Å². The van der Waals surface area contributed by atoms with Gasteiger partial charge in [-0.3, -0.25) is 4.57 Å². The number of rotatable bonds is 5. The first-order chi connectivity index (χ1) is 13.5. The summed E-state index contributed by atoms with van der Waals surface area (Å²) in [7, 11) is 0. The summed E-state index contributed by atoms with van der Waals surface area (Å²) in [6, 6.07) is 7.23. The molecule has 4 atom stereocenters. The minimum Gasteiger partial charge on any atom is -0.394 e. The van der Waals surface area contributed by atoms with Crippen LogP contribution < -0.4 is 15.3 Å². The van der Waals surface area contributed by atoms with Gasteiger partial charge in [0, 0.05) is 5.02 Å². The van der Waals surface area contributed by atoms with Gasteiger partial charge in [-0.25, -0.2) is 4.98 Å². The zero-order valence-electron chi connectivity index (χ0n) is 14.6. The second-order valence-corrected chi connectivity index (χ2v) is 6.85. The Morgan fingerprint density at radius 2 is 2.11 bits per heavy atom. The fourth-order valence-electron chi connectivity index (χ4n) is 3.11. The average Bonchev–Trinajstić information content (AvgIpc) is 3.23. The van der Waals surface area contributed by atoms with Crippen LogP contribution in [-0.4, -0.2) is 54.8 Å². The molecule has 0 unspecified atom stereocenters. The lowest BCUT2D eigenvalue weighted by Crippen LogP contribution is -2.45. The standard InChI is InChI=1S/C17H18ClN5O5/c18-10-3-1-2-9(4-10)6-27-23-8-21-16-12(15(23)19)20-7-22(16)17-14(26)13(25)11(5-24)28-17/h1-4,7-8,11,13-14,17,19,24-26H,5-6H2/p+1/t11-,13-,14-,17-/m1/s1. The number of anilines is 1. The lowest BCUT2D eigenvalue weighted by Gasteiger charge is -2.15. The van der Waals surface area contributed by atoms with E-state index in [1.54, 1.807) is 12.1 Å². The van der Waals surface area contributed by atoms with Crippen LogP contribution in [0, 0.1) is 0 Å². The number of nitrogens with zero attached hydrogens (tertiary/aromatic N) is 4. The number of nitrogen functional groups attached to an aromatic ring is 1. The Hall–Kier alpha value is -2.50. The number of aliphatic hydroxyl groups is 3. The Morgan fingerprint density at radius 1 is 1.29 bits per heavy atom. The molecule has 1 fully saturated rings. The van der Waals surface area contributed by atoms with Crippen LogP contribution in [0.3, 0.4) is 0 Å². The highest BCUT2D eigenvalue weighted by molar-refractivity contribution is 6.30. The third-order valence-electron chi connectivity index (χ3n) is 4.58. The maximum absolute atomic E-state index is 10.2. The second-order valence-electron chi connectivity index (χ2n) is 6.41. The molecule has 148 valence electrons. The SMILES string of the molecule is Nc1c2ncn([C@@H]3O[C@H](CO)[C@@H](O)[C@H]3O)c2nc[n+]1OCc1cccc(Cl)c1. The van der Waals surface area contributed by atoms with Gasteiger partial charge in [-0.05, 0) is 17.7 Å². The minimum atomic E-state index is -1.25. The number of benzene rings is 1. The molecule has 1 aliphatic rings. The summed E-state index contributed by atoms with van der Waals surface area (Å²) in [5.74, 6) is 0.206. The molecule has 1 saturated heterocycles. The van der Waals surface area contributed by atoms with Crippen molar-refractivity contribution in [3.05, 3.63) is 47.5 Å². The van der Waals surface area contributed by atoms with Crippen LogP contribution in [0.4, 0.5) is 5.82 Å². The lowest BCUT2D eigenvalue weighted by molar-refractivity contribution is -0.885. The van der Waals surface area contributed by atoms with Gasteiger partial charge in [0.15, 0.2) is 12.8 Å². The molecule has 1 aromatic carbocycles. The molecule has 0 bridgehead atoms. The number of hydrogen-bond acceptors (Lipinski definition) is 8. The van der Waals surface area contributed by atoms with E-state index in [9.17, 15) is 15.3 Å². The summed E-state index contributed by atoms with van der Waals surface area (Å²) >= 11 is 5.97. The smallest absolute Gasteiger partial charge is 0.289 e. The van der Waals surface area contributed by atoms with Gasteiger partial charge in [0.2, 0.25) is 11.2 Å². The van der Waals surface area contributed by atoms with Gasteiger partial charge in [0.05, 0.1) is 6.61 Å². The van der Waals surface area contributed by atoms with E-state index < -0.39 is 31.1 Å². The van der Waals surface area contributed by atoms with Crippen molar-refractivity contribution in [2.75, 3.05) is 12.3 Å². The molecule has 1 aliphatic heterocycles. The molecular formula is C17H19ClN5O5+. The molecule has 3 heterocycles. The van der Waals surface area contributed by atoms with Crippen molar-refractivity contribution >= 4 is 28.6 Å². The number of fused-ring (bicyclic) bond motifs is 1. The molecular weight excluding hydrogens is 390 g/mol. The highest BCUT2D eigenvalue weighted by Gasteiger charge is 2.44. The molecule has 3 aromatic rings. The fraction of sp³-hybridized carbons (Fsp3) is 0.353. The highest BCUT2D eigenvalue weighted by Crippen LogP contribution is 2.31. The predicted octanol–water partition coefficient (Wildman–Crippen LogP) is -0.805. The predicted molar refractivity (Wildman–Crippen MR) is 96.9 cm³/mol. The summed E-state index contributed by atoms with van der Waals surface area (Å²) < 4.78 is 8.26. The van der Waals surface area contributed by atoms with Gasteiger partial charge in [0.1, 0.15) is 24.6 Å². The molecule has 0 radical (unpaired) electrons. The van der Waals surface area contributed by atoms with Crippen molar-refractivity contribution in [1.29, 1.82) is 0 Å². The molecule has 2 aromatic heterocycles. The summed E-state index contributed by atoms with van der Waals surface area (Å²) in [6.45, 7) is -0.202. The zero-order valence-corrected chi connectivity index (χ0v) is 15.3. The second kappa shape index (κ2) is 7.49. The summed E-state index contributed by atoms with van der Waals surface area (Å²) in [4.78, 5) is 14.2. The van der Waals surface area contributed by atoms with Crippen LogP contribution >= 0.6 is 11.6 Å². The maximum Gasteiger partial charge on any atom is 0.289 e. The van der Waals surface area contributed by atoms with Crippen LogP contribution in [0.15, 0.2) is 36.9 Å². The Bertz CT molecular complexity index is 999. The summed E-state index contributed by atoms with van der Waals surface area (Å²) in [5, 5.41) is 30.0. The van der Waals surface area contributed by atoms with Gasteiger partial charge in [-0.1, -0.05) is 33.4 Å². The van der Waals surface area contributed by atoms with E-state index in [0.717, 1.165) is 5.56 Å². The largest absolute Gasteiger partial charge is 0.394 e. The van der Waals surface area contributed by atoms with Crippen molar-refractivity contribution in [3.8, 4) is 0 Å². The third kappa shape index (κ3) is 3.25. The van der Waals surface area contributed by atoms with Crippen LogP contribution in [-0.2, 0) is 11.3 Å². The number of nitrogens with two attached hydrogens (primary N) is 1. The van der Waals surface area contributed by atoms with E-state index in [2.05, 4.69) is 9.97 Å². The van der Waals surface area contributed by atoms with Crippen LogP contribution in [0.2, 0.25) is 5.02 Å². The first-order valence-corrected chi connectivity index (χ1v) is 8.90. The molecule has 5 N–H and O–H groups in total. The molecule has 0 saturated carbocycles. The number of hydrogen-bond donors (Lipinski definition) is 4. The van der Waals surface area contributed by atoms with Gasteiger partial charge in [-0.15, -0.1) is 0 Å². The molecule has 0 aliphatic carbocycles. The Morgan fingerprint density at radius 3 is 2.82 bits per heavy atom. The Labute approximate surface area is 164 Å². The van der Waals surface area contributed by atoms with Gasteiger partial charge >= 0.3 is 0 Å². The quantitative estimate of drug-likeness (QED) is 0.402. The Balaban J connectivity index is 1.59. The van der Waals surface area contributed by atoms with Crippen molar-refractivity contribution in [2.45, 2.75) is 31.1 Å². The van der Waals surface area contributed by atoms with Crippen LogP contribution in [0.5, 0.6) is 0 Å². The number of aromatic nitrogens is 4. The highest BCUT2D eigenvalue weighted by atomic mass is 35.5. The van der Waals surface area contributed by atoms with E-state index in [-0.39, 0.29) is 12.4 Å². The van der Waals surface area contributed by atoms with Crippen molar-refractivity contribution < 1.29 is 29.6 Å². The number of halogens is 1. The topological polar surface area (TPSA) is 140 Å². The van der Waals surface area contributed by atoms with Crippen molar-refractivity contribution in [3.63, 3.8) is 0 Å². The van der Waals surface area contributed by atoms with Crippen LogP contribution in [0.1, 0.15) is 11.8 Å². The van der Waals surface area contributed by atoms with E-state index >= 15 is 0 Å². The molecule has 10 nitrogen and oxygen atoms in total. The van der Waals surface area contributed by atoms with Crippen molar-refractivity contribution in [2.24, 2.45) is 0 Å². The first-order valence-electron chi connectivity index (χ1n) is 8.52. The molecule has 11 heteroatoms. The molecule has 0 amide bonds. The molecule has 0 spiro atoms. The molecule has 28 heavy (non-hydrogen) atoms. The van der Waals surface area contributed by atoms with Crippen LogP contribution in [0.25, 0.3) is 11.2 Å². The minimum absolute atomic E-state index is 0.206. The van der Waals surface area contributed by atoms with Gasteiger partial charge in [0.25, 0.3) is 12.1 Å². The van der Waals surface area contributed by atoms with E-state index in [4.69, 9.17) is 26.9 Å². The van der Waals surface area contributed by atoms with Gasteiger partial charge in [-0.2, -0.15) is 0 Å². The fourth-order valence-corrected chi connectivity index (χ4v) is 3.32. The Kier molecular flexibility index (Phi) is 5.04. The maximum atomic E-state index is 10.2. The van der Waals surface area contributed by atoms with Gasteiger partial charge < -0.3 is 30.6 Å². The average molecular weight is 409 g/mol. The normalized spacial score (nSPS) is 24.7. The number of ether oxygens (including phenoxy) is 1. The number of aliphatic hydroxyl groups excluding tert-OH is 3.